The molecule has 1 aromatic rings. The summed E-state index contributed by atoms with van der Waals surface area (Å²) in [5, 5.41) is 0. The third-order valence-electron chi connectivity index (χ3n) is 4.81. The number of hydrogen-bond acceptors (Lipinski definition) is 1. The van der Waals surface area contributed by atoms with Gasteiger partial charge >= 0.3 is 0 Å². The summed E-state index contributed by atoms with van der Waals surface area (Å²) in [7, 11) is 0. The van der Waals surface area contributed by atoms with Gasteiger partial charge in [-0.3, -0.25) is 4.90 Å². The predicted octanol–water partition coefficient (Wildman–Crippen LogP) is 3.25. The van der Waals surface area contributed by atoms with Gasteiger partial charge in [0.15, 0.2) is 0 Å². The van der Waals surface area contributed by atoms with E-state index in [1.165, 1.54) is 45.2 Å². The van der Waals surface area contributed by atoms with Crippen molar-refractivity contribution in [1.29, 1.82) is 0 Å². The average molecular weight is 225 g/mol. The molecular formula is C16H19N. The maximum atomic E-state index is 2.72. The summed E-state index contributed by atoms with van der Waals surface area (Å²) in [5.41, 5.74) is 6.64. The summed E-state index contributed by atoms with van der Waals surface area (Å²) in [5.74, 6) is 0. The monoisotopic (exact) mass is 225 g/mol. The lowest BCUT2D eigenvalue weighted by molar-refractivity contribution is 0.271. The fraction of sp³-hybridized carbons (Fsp3) is 0.500. The fourth-order valence-electron chi connectivity index (χ4n) is 4.03. The van der Waals surface area contributed by atoms with Gasteiger partial charge in [0.2, 0.25) is 0 Å². The van der Waals surface area contributed by atoms with Crippen molar-refractivity contribution in [2.75, 3.05) is 13.1 Å². The van der Waals surface area contributed by atoms with Crippen molar-refractivity contribution in [3.8, 4) is 0 Å². The van der Waals surface area contributed by atoms with Crippen LogP contribution in [0.1, 0.15) is 36.8 Å². The molecule has 2 heterocycles. The van der Waals surface area contributed by atoms with Crippen LogP contribution >= 0.6 is 0 Å². The van der Waals surface area contributed by atoms with Crippen LogP contribution in [0.3, 0.4) is 0 Å². The molecule has 1 aromatic carbocycles. The Bertz CT molecular complexity index is 486. The first-order valence-corrected chi connectivity index (χ1v) is 6.98. The van der Waals surface area contributed by atoms with E-state index in [0.29, 0.717) is 0 Å². The Morgan fingerprint density at radius 2 is 1.94 bits per heavy atom. The minimum atomic E-state index is 0.798. The van der Waals surface area contributed by atoms with E-state index in [2.05, 4.69) is 29.2 Å². The van der Waals surface area contributed by atoms with Crippen LogP contribution in [0.25, 0.3) is 5.57 Å². The zero-order chi connectivity index (χ0) is 11.2. The minimum absolute atomic E-state index is 0.798. The van der Waals surface area contributed by atoms with Crippen LogP contribution in [0.4, 0.5) is 0 Å². The van der Waals surface area contributed by atoms with E-state index in [-0.39, 0.29) is 0 Å². The highest BCUT2D eigenvalue weighted by Gasteiger charge is 2.34. The van der Waals surface area contributed by atoms with Crippen LogP contribution < -0.4 is 0 Å². The van der Waals surface area contributed by atoms with Crippen molar-refractivity contribution in [1.82, 2.24) is 4.90 Å². The smallest absolute Gasteiger partial charge is 0.0314 e. The number of fused-ring (bicyclic) bond motifs is 4. The molecule has 0 spiro atoms. The van der Waals surface area contributed by atoms with Crippen molar-refractivity contribution in [3.05, 3.63) is 41.0 Å². The molecule has 0 radical (unpaired) electrons. The van der Waals surface area contributed by atoms with Crippen LogP contribution in [0, 0.1) is 0 Å². The van der Waals surface area contributed by atoms with Gasteiger partial charge in [0.05, 0.1) is 0 Å². The number of rotatable bonds is 0. The van der Waals surface area contributed by atoms with E-state index >= 15 is 0 Å². The first-order valence-electron chi connectivity index (χ1n) is 6.98. The van der Waals surface area contributed by atoms with Gasteiger partial charge in [-0.2, -0.15) is 0 Å². The normalized spacial score (nSPS) is 27.6. The predicted molar refractivity (Wildman–Crippen MR) is 70.9 cm³/mol. The molecule has 2 aliphatic heterocycles. The summed E-state index contributed by atoms with van der Waals surface area (Å²) >= 11 is 0. The molecule has 1 atom stereocenters. The first-order chi connectivity index (χ1) is 8.43. The number of aryl methyl sites for hydroxylation is 1. The van der Waals surface area contributed by atoms with Gasteiger partial charge in [0.25, 0.3) is 0 Å². The lowest BCUT2D eigenvalue weighted by Gasteiger charge is -2.37. The summed E-state index contributed by atoms with van der Waals surface area (Å²) < 4.78 is 0. The topological polar surface area (TPSA) is 3.24 Å². The molecule has 1 heteroatoms. The molecule has 1 fully saturated rings. The maximum Gasteiger partial charge on any atom is 0.0314 e. The van der Waals surface area contributed by atoms with Gasteiger partial charge in [-0.15, -0.1) is 0 Å². The second-order valence-corrected chi connectivity index (χ2v) is 5.60. The van der Waals surface area contributed by atoms with Gasteiger partial charge in [0, 0.05) is 12.6 Å². The number of benzene rings is 1. The Morgan fingerprint density at radius 3 is 2.94 bits per heavy atom. The summed E-state index contributed by atoms with van der Waals surface area (Å²) in [4.78, 5) is 2.72. The maximum absolute atomic E-state index is 2.72. The van der Waals surface area contributed by atoms with Crippen molar-refractivity contribution >= 4 is 5.57 Å². The molecule has 4 rings (SSSR count). The van der Waals surface area contributed by atoms with Gasteiger partial charge in [0.1, 0.15) is 0 Å². The van der Waals surface area contributed by atoms with Crippen LogP contribution in [0.15, 0.2) is 29.8 Å². The van der Waals surface area contributed by atoms with E-state index in [1.807, 2.05) is 0 Å². The van der Waals surface area contributed by atoms with Crippen LogP contribution in [0.2, 0.25) is 0 Å². The molecule has 0 amide bonds. The largest absolute Gasteiger partial charge is 0.296 e. The molecule has 17 heavy (non-hydrogen) atoms. The van der Waals surface area contributed by atoms with Gasteiger partial charge < -0.3 is 0 Å². The molecule has 3 aliphatic rings. The van der Waals surface area contributed by atoms with Crippen molar-refractivity contribution in [2.45, 2.75) is 38.1 Å². The highest BCUT2D eigenvalue weighted by molar-refractivity contribution is 5.75. The Kier molecular flexibility index (Phi) is 2.16. The molecule has 0 N–H and O–H groups in total. The molecule has 1 unspecified atom stereocenters. The molecule has 0 bridgehead atoms. The minimum Gasteiger partial charge on any atom is -0.296 e. The Labute approximate surface area is 103 Å². The third kappa shape index (κ3) is 1.42. The Morgan fingerprint density at radius 1 is 1.00 bits per heavy atom. The highest BCUT2D eigenvalue weighted by Crippen LogP contribution is 2.42. The van der Waals surface area contributed by atoms with E-state index in [9.17, 15) is 0 Å². The Balaban J connectivity index is 1.84. The SMILES string of the molecule is c1ccc2c(c1)CCC1=C2CCN2CCCC12. The van der Waals surface area contributed by atoms with E-state index in [4.69, 9.17) is 0 Å². The van der Waals surface area contributed by atoms with Crippen molar-refractivity contribution < 1.29 is 0 Å². The van der Waals surface area contributed by atoms with E-state index in [0.717, 1.165) is 6.04 Å². The lowest BCUT2D eigenvalue weighted by atomic mass is 9.79. The fourth-order valence-corrected chi connectivity index (χ4v) is 4.03. The number of hydrogen-bond donors (Lipinski definition) is 0. The molecule has 1 saturated heterocycles. The third-order valence-corrected chi connectivity index (χ3v) is 4.81. The second-order valence-electron chi connectivity index (χ2n) is 5.60. The van der Waals surface area contributed by atoms with E-state index < -0.39 is 0 Å². The zero-order valence-electron chi connectivity index (χ0n) is 10.3. The van der Waals surface area contributed by atoms with Crippen molar-refractivity contribution in [3.63, 3.8) is 0 Å². The van der Waals surface area contributed by atoms with Crippen molar-refractivity contribution in [2.24, 2.45) is 0 Å². The Hall–Kier alpha value is -1.08. The second kappa shape index (κ2) is 3.71. The van der Waals surface area contributed by atoms with E-state index in [1.54, 1.807) is 22.3 Å². The molecule has 1 nitrogen and oxygen atoms in total. The number of nitrogens with zero attached hydrogens (tertiary/aromatic N) is 1. The zero-order valence-corrected chi connectivity index (χ0v) is 10.3. The van der Waals surface area contributed by atoms with Crippen LogP contribution in [-0.4, -0.2) is 24.0 Å². The highest BCUT2D eigenvalue weighted by atomic mass is 15.2. The molecule has 0 saturated carbocycles. The van der Waals surface area contributed by atoms with Crippen LogP contribution in [-0.2, 0) is 6.42 Å². The summed E-state index contributed by atoms with van der Waals surface area (Å²) in [6.45, 7) is 2.63. The van der Waals surface area contributed by atoms with Crippen LogP contribution in [0.5, 0.6) is 0 Å². The molecular weight excluding hydrogens is 206 g/mol. The summed E-state index contributed by atoms with van der Waals surface area (Å²) in [6.07, 6.45) is 6.67. The molecule has 1 aliphatic carbocycles. The molecule has 88 valence electrons. The lowest BCUT2D eigenvalue weighted by Crippen LogP contribution is -2.37. The molecule has 0 aromatic heterocycles. The quantitative estimate of drug-likeness (QED) is 0.655. The van der Waals surface area contributed by atoms with Gasteiger partial charge in [-0.05, 0) is 60.9 Å². The average Bonchev–Trinajstić information content (AvgIpc) is 2.86. The summed E-state index contributed by atoms with van der Waals surface area (Å²) in [6, 6.07) is 9.85. The standard InChI is InChI=1S/C16H19N/c1-2-5-13-12(4-1)7-8-15-14(13)9-11-17-10-3-6-16(15)17/h1-2,4-5,16H,3,6-11H2. The first kappa shape index (κ1) is 9.90. The van der Waals surface area contributed by atoms with Gasteiger partial charge in [-0.1, -0.05) is 24.3 Å². The van der Waals surface area contributed by atoms with Gasteiger partial charge in [-0.25, -0.2) is 0 Å².